The van der Waals surface area contributed by atoms with Gasteiger partial charge in [-0.2, -0.15) is 0 Å². The van der Waals surface area contributed by atoms with Crippen LogP contribution in [-0.4, -0.2) is 0 Å². The molecule has 0 aliphatic carbocycles. The first kappa shape index (κ1) is 7.54. The molecule has 0 saturated carbocycles. The quantitative estimate of drug-likeness (QED) is 0.581. The van der Waals surface area contributed by atoms with E-state index in [0.717, 1.165) is 6.42 Å². The summed E-state index contributed by atoms with van der Waals surface area (Å²) in [6.45, 7) is 6.43. The summed E-state index contributed by atoms with van der Waals surface area (Å²) in [6.07, 6.45) is 2.79. The fourth-order valence-corrected chi connectivity index (χ4v) is 0.719. The van der Waals surface area contributed by atoms with E-state index in [9.17, 15) is 0 Å². The Balaban J connectivity index is 3.72. The molecular formula is C7H15N. The maximum Gasteiger partial charge on any atom is -0.00680 e. The highest BCUT2D eigenvalue weighted by molar-refractivity contribution is 5.00. The third kappa shape index (κ3) is 2.01. The smallest absolute Gasteiger partial charge is 0.00680 e. The van der Waals surface area contributed by atoms with Gasteiger partial charge in [0.1, 0.15) is 0 Å². The molecule has 8 heavy (non-hydrogen) atoms. The zero-order valence-corrected chi connectivity index (χ0v) is 5.94. The fourth-order valence-electron chi connectivity index (χ4n) is 0.719. The van der Waals surface area contributed by atoms with E-state index >= 15 is 0 Å². The number of nitrogens with two attached hydrogens (primary N) is 1. The molecule has 0 saturated heterocycles. The molecule has 0 spiro atoms. The van der Waals surface area contributed by atoms with Crippen LogP contribution < -0.4 is 5.73 Å². The van der Waals surface area contributed by atoms with Crippen LogP contribution in [0.2, 0.25) is 0 Å². The normalized spacial score (nSPS) is 12.8. The van der Waals surface area contributed by atoms with Crippen LogP contribution in [0.5, 0.6) is 0 Å². The highest BCUT2D eigenvalue weighted by Gasteiger charge is 1.96. The Labute approximate surface area is 51.6 Å². The molecule has 1 nitrogen and oxygen atoms in total. The van der Waals surface area contributed by atoms with Gasteiger partial charge >= 0.3 is 0 Å². The summed E-state index contributed by atoms with van der Waals surface area (Å²) in [6, 6.07) is 0. The molecule has 1 heteroatoms. The summed E-state index contributed by atoms with van der Waals surface area (Å²) in [7, 11) is 0. The summed E-state index contributed by atoms with van der Waals surface area (Å²) in [5, 5.41) is 0. The van der Waals surface area contributed by atoms with Crippen LogP contribution in [-0.2, 0) is 0 Å². The van der Waals surface area contributed by atoms with Crippen LogP contribution >= 0.6 is 0 Å². The average Bonchev–Trinajstić information content (AvgIpc) is 1.69. The predicted octanol–water partition coefficient (Wildman–Crippen LogP) is 1.90. The lowest BCUT2D eigenvalue weighted by atomic mass is 10.0. The van der Waals surface area contributed by atoms with Crippen molar-refractivity contribution < 1.29 is 0 Å². The minimum Gasteiger partial charge on any atom is -0.405 e. The summed E-state index contributed by atoms with van der Waals surface area (Å²) >= 11 is 0. The molecule has 0 radical (unpaired) electrons. The number of rotatable bonds is 2. The van der Waals surface area contributed by atoms with Gasteiger partial charge in [-0.25, -0.2) is 0 Å². The van der Waals surface area contributed by atoms with E-state index in [4.69, 9.17) is 5.73 Å². The molecule has 2 N–H and O–H groups in total. The van der Waals surface area contributed by atoms with E-state index in [0.29, 0.717) is 5.92 Å². The second kappa shape index (κ2) is 3.53. The van der Waals surface area contributed by atoms with Crippen molar-refractivity contribution >= 4 is 0 Å². The van der Waals surface area contributed by atoms with E-state index in [2.05, 4.69) is 20.8 Å². The van der Waals surface area contributed by atoms with Gasteiger partial charge in [0.05, 0.1) is 0 Å². The molecule has 0 unspecified atom stereocenters. The van der Waals surface area contributed by atoms with Crippen LogP contribution in [0, 0.1) is 5.92 Å². The van der Waals surface area contributed by atoms with Gasteiger partial charge in [0.2, 0.25) is 0 Å². The van der Waals surface area contributed by atoms with Gasteiger partial charge in [-0.05, 0) is 18.5 Å². The van der Waals surface area contributed by atoms with Crippen molar-refractivity contribution in [3.05, 3.63) is 11.8 Å². The minimum atomic E-state index is 0.616. The first-order valence-corrected chi connectivity index (χ1v) is 3.13. The summed E-state index contributed by atoms with van der Waals surface area (Å²) < 4.78 is 0. The lowest BCUT2D eigenvalue weighted by Crippen LogP contribution is -1.95. The molecule has 0 aliphatic rings. The third-order valence-corrected chi connectivity index (χ3v) is 1.36. The number of hydrogen-bond donors (Lipinski definition) is 1. The van der Waals surface area contributed by atoms with Crippen molar-refractivity contribution in [2.45, 2.75) is 27.2 Å². The van der Waals surface area contributed by atoms with Crippen molar-refractivity contribution in [3.8, 4) is 0 Å². The van der Waals surface area contributed by atoms with E-state index in [-0.39, 0.29) is 0 Å². The molecule has 48 valence electrons. The van der Waals surface area contributed by atoms with Crippen molar-refractivity contribution in [2.75, 3.05) is 0 Å². The summed E-state index contributed by atoms with van der Waals surface area (Å²) in [5.74, 6) is 0.616. The Morgan fingerprint density at radius 3 is 2.12 bits per heavy atom. The molecule has 0 rings (SSSR count). The van der Waals surface area contributed by atoms with Gasteiger partial charge in [-0.3, -0.25) is 0 Å². The largest absolute Gasteiger partial charge is 0.405 e. The van der Waals surface area contributed by atoms with Gasteiger partial charge in [0, 0.05) is 0 Å². The fraction of sp³-hybridized carbons (Fsp3) is 0.714. The van der Waals surface area contributed by atoms with Crippen LogP contribution in [0.15, 0.2) is 11.8 Å². The van der Waals surface area contributed by atoms with Crippen molar-refractivity contribution in [1.82, 2.24) is 0 Å². The van der Waals surface area contributed by atoms with Gasteiger partial charge in [-0.15, -0.1) is 0 Å². The van der Waals surface area contributed by atoms with Crippen LogP contribution in [0.3, 0.4) is 0 Å². The molecule has 0 bridgehead atoms. The Morgan fingerprint density at radius 1 is 1.62 bits per heavy atom. The molecule has 0 heterocycles. The van der Waals surface area contributed by atoms with Crippen molar-refractivity contribution in [3.63, 3.8) is 0 Å². The average molecular weight is 113 g/mol. The first-order valence-electron chi connectivity index (χ1n) is 3.13. The van der Waals surface area contributed by atoms with Crippen LogP contribution in [0.4, 0.5) is 0 Å². The SMILES string of the molecule is CC/C(=C\N)C(C)C. The molecular weight excluding hydrogens is 98.1 g/mol. The molecule has 0 aromatic rings. The van der Waals surface area contributed by atoms with Crippen molar-refractivity contribution in [1.29, 1.82) is 0 Å². The van der Waals surface area contributed by atoms with Crippen LogP contribution in [0.1, 0.15) is 27.2 Å². The maximum absolute atomic E-state index is 5.32. The molecule has 0 amide bonds. The lowest BCUT2D eigenvalue weighted by molar-refractivity contribution is 0.728. The van der Waals surface area contributed by atoms with Gasteiger partial charge in [0.25, 0.3) is 0 Å². The second-order valence-corrected chi connectivity index (χ2v) is 2.25. The van der Waals surface area contributed by atoms with E-state index in [1.165, 1.54) is 5.57 Å². The third-order valence-electron chi connectivity index (χ3n) is 1.36. The van der Waals surface area contributed by atoms with Gasteiger partial charge in [0.15, 0.2) is 0 Å². The first-order chi connectivity index (χ1) is 3.72. The van der Waals surface area contributed by atoms with Gasteiger partial charge in [-0.1, -0.05) is 26.3 Å². The number of allylic oxidation sites excluding steroid dienone is 1. The molecule has 0 atom stereocenters. The Kier molecular flexibility index (Phi) is 3.33. The summed E-state index contributed by atoms with van der Waals surface area (Å²) in [5.41, 5.74) is 6.66. The Hall–Kier alpha value is -0.460. The Bertz CT molecular complexity index is 82.4. The lowest BCUT2D eigenvalue weighted by Gasteiger charge is -2.05. The highest BCUT2D eigenvalue weighted by Crippen LogP contribution is 2.10. The topological polar surface area (TPSA) is 26.0 Å². The monoisotopic (exact) mass is 113 g/mol. The maximum atomic E-state index is 5.32. The van der Waals surface area contributed by atoms with E-state index in [1.54, 1.807) is 6.20 Å². The summed E-state index contributed by atoms with van der Waals surface area (Å²) in [4.78, 5) is 0. The minimum absolute atomic E-state index is 0.616. The number of hydrogen-bond acceptors (Lipinski definition) is 1. The highest BCUT2D eigenvalue weighted by atomic mass is 14.5. The van der Waals surface area contributed by atoms with Crippen LogP contribution in [0.25, 0.3) is 0 Å². The molecule has 0 aromatic carbocycles. The second-order valence-electron chi connectivity index (χ2n) is 2.25. The molecule has 0 aromatic heterocycles. The predicted molar refractivity (Wildman–Crippen MR) is 37.4 cm³/mol. The standard InChI is InChI=1S/C7H15N/c1-4-7(5-8)6(2)3/h5-6H,4,8H2,1-3H3/b7-5+. The molecule has 0 aliphatic heterocycles. The van der Waals surface area contributed by atoms with Crippen molar-refractivity contribution in [2.24, 2.45) is 11.7 Å². The van der Waals surface area contributed by atoms with Gasteiger partial charge < -0.3 is 5.73 Å². The Morgan fingerprint density at radius 2 is 2.12 bits per heavy atom. The van der Waals surface area contributed by atoms with E-state index < -0.39 is 0 Å². The molecule has 0 fully saturated rings. The zero-order valence-electron chi connectivity index (χ0n) is 5.94. The zero-order chi connectivity index (χ0) is 6.57. The van der Waals surface area contributed by atoms with E-state index in [1.807, 2.05) is 0 Å².